The highest BCUT2D eigenvalue weighted by molar-refractivity contribution is 5.75. The molecule has 5 heteroatoms. The molecule has 1 amide bonds. The molecular weight excluding hydrogens is 228 g/mol. The molecule has 0 aliphatic heterocycles. The van der Waals surface area contributed by atoms with E-state index >= 15 is 0 Å². The Kier molecular flexibility index (Phi) is 4.61. The highest BCUT2D eigenvalue weighted by Gasteiger charge is 2.14. The van der Waals surface area contributed by atoms with Crippen LogP contribution in [0.2, 0.25) is 0 Å². The van der Waals surface area contributed by atoms with E-state index in [-0.39, 0.29) is 5.91 Å². The molecule has 0 spiro atoms. The van der Waals surface area contributed by atoms with Gasteiger partial charge in [0.05, 0.1) is 6.20 Å². The minimum absolute atomic E-state index is 0.112. The Balaban J connectivity index is 1.64. The Morgan fingerprint density at radius 3 is 2.89 bits per heavy atom. The van der Waals surface area contributed by atoms with Crippen LogP contribution in [0.3, 0.4) is 0 Å². The molecule has 0 atom stereocenters. The van der Waals surface area contributed by atoms with E-state index < -0.39 is 0 Å². The molecule has 0 radical (unpaired) electrons. The van der Waals surface area contributed by atoms with Crippen LogP contribution in [-0.4, -0.2) is 16.1 Å². The number of nitrogen functional groups attached to an aromatic ring is 1. The van der Waals surface area contributed by atoms with Gasteiger partial charge in [0.1, 0.15) is 5.82 Å². The predicted octanol–water partition coefficient (Wildman–Crippen LogP) is 1.97. The molecule has 18 heavy (non-hydrogen) atoms. The first-order chi connectivity index (χ1) is 8.75. The van der Waals surface area contributed by atoms with Gasteiger partial charge in [0.2, 0.25) is 5.91 Å². The monoisotopic (exact) mass is 250 g/mol. The number of nitrogens with one attached hydrogen (secondary N) is 2. The lowest BCUT2D eigenvalue weighted by Crippen LogP contribution is -2.23. The number of H-pyrrole nitrogens is 1. The van der Waals surface area contributed by atoms with Gasteiger partial charge >= 0.3 is 0 Å². The van der Waals surface area contributed by atoms with Crippen molar-refractivity contribution in [2.24, 2.45) is 5.92 Å². The summed E-state index contributed by atoms with van der Waals surface area (Å²) in [5.74, 6) is 1.40. The molecular formula is C13H22N4O. The highest BCUT2D eigenvalue weighted by atomic mass is 16.1. The van der Waals surface area contributed by atoms with Crippen LogP contribution in [0.4, 0.5) is 5.82 Å². The second kappa shape index (κ2) is 6.42. The number of rotatable bonds is 5. The summed E-state index contributed by atoms with van der Waals surface area (Å²) >= 11 is 0. The molecule has 100 valence electrons. The first-order valence-corrected chi connectivity index (χ1v) is 6.80. The first kappa shape index (κ1) is 12.9. The fourth-order valence-electron chi connectivity index (χ4n) is 2.56. The molecule has 0 saturated heterocycles. The van der Waals surface area contributed by atoms with Gasteiger partial charge in [-0.1, -0.05) is 32.1 Å². The normalized spacial score (nSPS) is 16.7. The summed E-state index contributed by atoms with van der Waals surface area (Å²) in [4.78, 5) is 11.7. The summed E-state index contributed by atoms with van der Waals surface area (Å²) in [5, 5.41) is 9.36. The Morgan fingerprint density at radius 1 is 1.44 bits per heavy atom. The van der Waals surface area contributed by atoms with Crippen molar-refractivity contribution in [1.29, 1.82) is 0 Å². The molecule has 2 rings (SSSR count). The fourth-order valence-corrected chi connectivity index (χ4v) is 2.56. The molecule has 0 aromatic carbocycles. The topological polar surface area (TPSA) is 83.8 Å². The number of amides is 1. The van der Waals surface area contributed by atoms with E-state index in [0.717, 1.165) is 17.9 Å². The molecule has 1 heterocycles. The SMILES string of the molecule is Nc1[nH]ncc1CNC(=O)CCC1CCCCC1. The fraction of sp³-hybridized carbons (Fsp3) is 0.692. The average molecular weight is 250 g/mol. The van der Waals surface area contributed by atoms with E-state index in [1.165, 1.54) is 32.1 Å². The Labute approximate surface area is 108 Å². The number of nitrogens with zero attached hydrogens (tertiary/aromatic N) is 1. The lowest BCUT2D eigenvalue weighted by atomic mass is 9.86. The summed E-state index contributed by atoms with van der Waals surface area (Å²) in [6.45, 7) is 0.464. The smallest absolute Gasteiger partial charge is 0.220 e. The van der Waals surface area contributed by atoms with Gasteiger partial charge < -0.3 is 11.1 Å². The number of aromatic nitrogens is 2. The molecule has 0 unspecified atom stereocenters. The second-order valence-electron chi connectivity index (χ2n) is 5.13. The molecule has 5 nitrogen and oxygen atoms in total. The number of carbonyl (C=O) groups is 1. The molecule has 1 aliphatic carbocycles. The van der Waals surface area contributed by atoms with Crippen molar-refractivity contribution in [2.45, 2.75) is 51.5 Å². The zero-order valence-electron chi connectivity index (χ0n) is 10.7. The largest absolute Gasteiger partial charge is 0.384 e. The van der Waals surface area contributed by atoms with Crippen molar-refractivity contribution in [3.8, 4) is 0 Å². The number of aromatic amines is 1. The van der Waals surface area contributed by atoms with E-state index in [1.807, 2.05) is 0 Å². The second-order valence-corrected chi connectivity index (χ2v) is 5.13. The third kappa shape index (κ3) is 3.75. The van der Waals surface area contributed by atoms with Gasteiger partial charge in [-0.05, 0) is 12.3 Å². The zero-order valence-corrected chi connectivity index (χ0v) is 10.7. The highest BCUT2D eigenvalue weighted by Crippen LogP contribution is 2.27. The number of hydrogen-bond donors (Lipinski definition) is 3. The number of hydrogen-bond acceptors (Lipinski definition) is 3. The minimum Gasteiger partial charge on any atom is -0.384 e. The molecule has 1 aromatic rings. The van der Waals surface area contributed by atoms with Gasteiger partial charge in [-0.15, -0.1) is 0 Å². The molecule has 4 N–H and O–H groups in total. The number of nitrogens with two attached hydrogens (primary N) is 1. The van der Waals surface area contributed by atoms with Crippen LogP contribution in [0, 0.1) is 5.92 Å². The van der Waals surface area contributed by atoms with Crippen molar-refractivity contribution < 1.29 is 4.79 Å². The minimum atomic E-state index is 0.112. The Morgan fingerprint density at radius 2 is 2.22 bits per heavy atom. The van der Waals surface area contributed by atoms with E-state index in [4.69, 9.17) is 5.73 Å². The standard InChI is InChI=1S/C13H22N4O/c14-13-11(9-16-17-13)8-15-12(18)7-6-10-4-2-1-3-5-10/h9-10H,1-8H2,(H,15,18)(H3,14,16,17). The van der Waals surface area contributed by atoms with E-state index in [0.29, 0.717) is 18.8 Å². The van der Waals surface area contributed by atoms with Crippen molar-refractivity contribution in [1.82, 2.24) is 15.5 Å². The van der Waals surface area contributed by atoms with Crippen LogP contribution in [0.1, 0.15) is 50.5 Å². The molecule has 1 fully saturated rings. The Hall–Kier alpha value is -1.52. The summed E-state index contributed by atoms with van der Waals surface area (Å²) in [7, 11) is 0. The van der Waals surface area contributed by atoms with Crippen LogP contribution in [-0.2, 0) is 11.3 Å². The van der Waals surface area contributed by atoms with Gasteiger partial charge in [0, 0.05) is 18.5 Å². The van der Waals surface area contributed by atoms with E-state index in [2.05, 4.69) is 15.5 Å². The predicted molar refractivity (Wildman–Crippen MR) is 70.7 cm³/mol. The summed E-state index contributed by atoms with van der Waals surface area (Å²) in [6, 6.07) is 0. The number of anilines is 1. The van der Waals surface area contributed by atoms with Crippen LogP contribution >= 0.6 is 0 Å². The van der Waals surface area contributed by atoms with Gasteiger partial charge in [-0.2, -0.15) is 5.10 Å². The third-order valence-corrected chi connectivity index (χ3v) is 3.73. The van der Waals surface area contributed by atoms with Crippen LogP contribution in [0.5, 0.6) is 0 Å². The zero-order chi connectivity index (χ0) is 12.8. The van der Waals surface area contributed by atoms with Gasteiger partial charge in [0.15, 0.2) is 0 Å². The maximum Gasteiger partial charge on any atom is 0.220 e. The molecule has 1 aliphatic rings. The van der Waals surface area contributed by atoms with Crippen molar-refractivity contribution >= 4 is 11.7 Å². The van der Waals surface area contributed by atoms with Gasteiger partial charge in [-0.25, -0.2) is 0 Å². The van der Waals surface area contributed by atoms with Crippen molar-refractivity contribution in [3.63, 3.8) is 0 Å². The lowest BCUT2D eigenvalue weighted by Gasteiger charge is -2.20. The maximum absolute atomic E-state index is 11.7. The first-order valence-electron chi connectivity index (χ1n) is 6.80. The quantitative estimate of drug-likeness (QED) is 0.747. The van der Waals surface area contributed by atoms with Gasteiger partial charge in [0.25, 0.3) is 0 Å². The van der Waals surface area contributed by atoms with Gasteiger partial charge in [-0.3, -0.25) is 9.89 Å². The van der Waals surface area contributed by atoms with E-state index in [9.17, 15) is 4.79 Å². The Bertz CT molecular complexity index is 382. The average Bonchev–Trinajstić information content (AvgIpc) is 2.81. The van der Waals surface area contributed by atoms with Crippen LogP contribution in [0.15, 0.2) is 6.20 Å². The molecule has 0 bridgehead atoms. The summed E-state index contributed by atoms with van der Waals surface area (Å²) < 4.78 is 0. The summed E-state index contributed by atoms with van der Waals surface area (Å²) in [5.41, 5.74) is 6.50. The number of carbonyl (C=O) groups excluding carboxylic acids is 1. The third-order valence-electron chi connectivity index (χ3n) is 3.73. The maximum atomic E-state index is 11.7. The van der Waals surface area contributed by atoms with Crippen LogP contribution < -0.4 is 11.1 Å². The van der Waals surface area contributed by atoms with Crippen molar-refractivity contribution in [3.05, 3.63) is 11.8 Å². The van der Waals surface area contributed by atoms with Crippen molar-refractivity contribution in [2.75, 3.05) is 5.73 Å². The lowest BCUT2D eigenvalue weighted by molar-refractivity contribution is -0.121. The van der Waals surface area contributed by atoms with Crippen LogP contribution in [0.25, 0.3) is 0 Å². The molecule has 1 aromatic heterocycles. The molecule has 1 saturated carbocycles. The van der Waals surface area contributed by atoms with E-state index in [1.54, 1.807) is 6.20 Å². The summed E-state index contributed by atoms with van der Waals surface area (Å²) in [6.07, 6.45) is 9.91.